The van der Waals surface area contributed by atoms with Crippen LogP contribution in [-0.4, -0.2) is 36.6 Å². The van der Waals surface area contributed by atoms with Gasteiger partial charge in [-0.2, -0.15) is 0 Å². The lowest BCUT2D eigenvalue weighted by Gasteiger charge is -2.35. The van der Waals surface area contributed by atoms with Crippen LogP contribution < -0.4 is 5.32 Å². The Morgan fingerprint density at radius 2 is 2.20 bits per heavy atom. The summed E-state index contributed by atoms with van der Waals surface area (Å²) in [5, 5.41) is 3.51. The third-order valence-electron chi connectivity index (χ3n) is 4.45. The highest BCUT2D eigenvalue weighted by Gasteiger charge is 2.37. The highest BCUT2D eigenvalue weighted by Crippen LogP contribution is 2.33. The zero-order valence-corrected chi connectivity index (χ0v) is 10.6. The van der Waals surface area contributed by atoms with Crippen molar-refractivity contribution in [2.24, 2.45) is 5.41 Å². The number of rotatable bonds is 3. The van der Waals surface area contributed by atoms with E-state index in [1.165, 1.54) is 45.3 Å². The highest BCUT2D eigenvalue weighted by molar-refractivity contribution is 4.92. The van der Waals surface area contributed by atoms with Crippen LogP contribution in [0.4, 0.5) is 0 Å². The summed E-state index contributed by atoms with van der Waals surface area (Å²) in [6.45, 7) is 10.9. The van der Waals surface area contributed by atoms with Crippen LogP contribution in [0, 0.1) is 5.41 Å². The monoisotopic (exact) mass is 210 g/mol. The van der Waals surface area contributed by atoms with Crippen LogP contribution in [0.1, 0.15) is 46.5 Å². The second-order valence-electron chi connectivity index (χ2n) is 5.90. The summed E-state index contributed by atoms with van der Waals surface area (Å²) >= 11 is 0. The van der Waals surface area contributed by atoms with Gasteiger partial charge >= 0.3 is 0 Å². The molecule has 2 fully saturated rings. The molecule has 0 saturated carbocycles. The lowest BCUT2D eigenvalue weighted by Crippen LogP contribution is -2.43. The van der Waals surface area contributed by atoms with Crippen molar-refractivity contribution in [3.05, 3.63) is 0 Å². The molecule has 2 heteroatoms. The zero-order chi connectivity index (χ0) is 10.9. The molecule has 2 saturated heterocycles. The molecule has 1 N–H and O–H groups in total. The number of nitrogens with one attached hydrogen (secondary N) is 1. The van der Waals surface area contributed by atoms with Crippen molar-refractivity contribution >= 4 is 0 Å². The molecule has 0 amide bonds. The van der Waals surface area contributed by atoms with Crippen LogP contribution in [0.25, 0.3) is 0 Å². The van der Waals surface area contributed by atoms with Crippen molar-refractivity contribution in [1.29, 1.82) is 0 Å². The largest absolute Gasteiger partial charge is 0.316 e. The molecule has 2 aliphatic heterocycles. The van der Waals surface area contributed by atoms with E-state index in [1.807, 2.05) is 0 Å². The standard InChI is InChI=1S/C13H26N2/c1-4-12-6-5-11(2)15(12)10-13(3)7-8-14-9-13/h11-12,14H,4-10H2,1-3H3. The van der Waals surface area contributed by atoms with Gasteiger partial charge in [0.05, 0.1) is 0 Å². The first-order chi connectivity index (χ1) is 7.14. The summed E-state index contributed by atoms with van der Waals surface area (Å²) in [6, 6.07) is 1.67. The highest BCUT2D eigenvalue weighted by atomic mass is 15.2. The molecule has 2 nitrogen and oxygen atoms in total. The van der Waals surface area contributed by atoms with E-state index >= 15 is 0 Å². The Labute approximate surface area is 94.4 Å². The summed E-state index contributed by atoms with van der Waals surface area (Å²) in [5.74, 6) is 0. The molecule has 0 aliphatic carbocycles. The molecule has 15 heavy (non-hydrogen) atoms. The molecule has 2 rings (SSSR count). The van der Waals surface area contributed by atoms with E-state index < -0.39 is 0 Å². The number of hydrogen-bond acceptors (Lipinski definition) is 2. The minimum Gasteiger partial charge on any atom is -0.316 e. The topological polar surface area (TPSA) is 15.3 Å². The molecule has 0 aromatic rings. The minimum atomic E-state index is 0.534. The van der Waals surface area contributed by atoms with Crippen molar-refractivity contribution in [3.8, 4) is 0 Å². The summed E-state index contributed by atoms with van der Waals surface area (Å²) < 4.78 is 0. The molecule has 3 unspecified atom stereocenters. The molecule has 0 aromatic heterocycles. The molecular weight excluding hydrogens is 184 g/mol. The van der Waals surface area contributed by atoms with E-state index in [1.54, 1.807) is 0 Å². The quantitative estimate of drug-likeness (QED) is 0.768. The van der Waals surface area contributed by atoms with Gasteiger partial charge in [0.15, 0.2) is 0 Å². The zero-order valence-electron chi connectivity index (χ0n) is 10.6. The molecule has 88 valence electrons. The van der Waals surface area contributed by atoms with Crippen LogP contribution in [0.2, 0.25) is 0 Å². The molecule has 3 atom stereocenters. The fourth-order valence-electron chi connectivity index (χ4n) is 3.29. The first-order valence-corrected chi connectivity index (χ1v) is 6.61. The number of hydrogen-bond donors (Lipinski definition) is 1. The average Bonchev–Trinajstić information content (AvgIpc) is 2.76. The van der Waals surface area contributed by atoms with E-state index in [4.69, 9.17) is 0 Å². The molecule has 0 radical (unpaired) electrons. The third kappa shape index (κ3) is 2.36. The average molecular weight is 210 g/mol. The third-order valence-corrected chi connectivity index (χ3v) is 4.45. The predicted octanol–water partition coefficient (Wildman–Crippen LogP) is 2.25. The Morgan fingerprint density at radius 3 is 2.80 bits per heavy atom. The van der Waals surface area contributed by atoms with Gasteiger partial charge in [-0.05, 0) is 44.6 Å². The van der Waals surface area contributed by atoms with Crippen molar-refractivity contribution in [3.63, 3.8) is 0 Å². The van der Waals surface area contributed by atoms with Crippen molar-refractivity contribution in [2.45, 2.75) is 58.5 Å². The SMILES string of the molecule is CCC1CCC(C)N1CC1(C)CCNC1. The Balaban J connectivity index is 1.96. The Morgan fingerprint density at radius 1 is 1.40 bits per heavy atom. The van der Waals surface area contributed by atoms with Crippen LogP contribution in [0.15, 0.2) is 0 Å². The van der Waals surface area contributed by atoms with Crippen LogP contribution in [0.5, 0.6) is 0 Å². The van der Waals surface area contributed by atoms with Gasteiger partial charge in [0.1, 0.15) is 0 Å². The smallest absolute Gasteiger partial charge is 0.00962 e. The van der Waals surface area contributed by atoms with Gasteiger partial charge in [-0.25, -0.2) is 0 Å². The maximum atomic E-state index is 3.51. The molecule has 2 aliphatic rings. The fraction of sp³-hybridized carbons (Fsp3) is 1.00. The second kappa shape index (κ2) is 4.42. The molecule has 2 heterocycles. The van der Waals surface area contributed by atoms with E-state index in [0.717, 1.165) is 12.1 Å². The van der Waals surface area contributed by atoms with E-state index in [-0.39, 0.29) is 0 Å². The number of likely N-dealkylation sites (tertiary alicyclic amines) is 1. The normalized spacial score (nSPS) is 42.6. The summed E-state index contributed by atoms with van der Waals surface area (Å²) in [4.78, 5) is 2.77. The Kier molecular flexibility index (Phi) is 3.36. The molecule has 0 aromatic carbocycles. The fourth-order valence-corrected chi connectivity index (χ4v) is 3.29. The van der Waals surface area contributed by atoms with Crippen LogP contribution in [0.3, 0.4) is 0 Å². The minimum absolute atomic E-state index is 0.534. The Hall–Kier alpha value is -0.0800. The van der Waals surface area contributed by atoms with Gasteiger partial charge in [-0.1, -0.05) is 13.8 Å². The lowest BCUT2D eigenvalue weighted by molar-refractivity contribution is 0.128. The number of nitrogens with zero attached hydrogens (tertiary/aromatic N) is 1. The van der Waals surface area contributed by atoms with E-state index in [9.17, 15) is 0 Å². The van der Waals surface area contributed by atoms with Crippen molar-refractivity contribution in [1.82, 2.24) is 10.2 Å². The molecular formula is C13H26N2. The Bertz CT molecular complexity index is 209. The first kappa shape index (κ1) is 11.4. The second-order valence-corrected chi connectivity index (χ2v) is 5.90. The van der Waals surface area contributed by atoms with Gasteiger partial charge in [-0.15, -0.1) is 0 Å². The summed E-state index contributed by atoms with van der Waals surface area (Å²) in [5.41, 5.74) is 0.534. The lowest BCUT2D eigenvalue weighted by atomic mass is 9.88. The van der Waals surface area contributed by atoms with Crippen molar-refractivity contribution in [2.75, 3.05) is 19.6 Å². The summed E-state index contributed by atoms with van der Waals surface area (Å²) in [6.07, 6.45) is 5.50. The van der Waals surface area contributed by atoms with Gasteiger partial charge in [0.25, 0.3) is 0 Å². The first-order valence-electron chi connectivity index (χ1n) is 6.61. The van der Waals surface area contributed by atoms with Gasteiger partial charge in [-0.3, -0.25) is 4.90 Å². The predicted molar refractivity (Wildman–Crippen MR) is 65.1 cm³/mol. The van der Waals surface area contributed by atoms with Crippen molar-refractivity contribution < 1.29 is 0 Å². The molecule has 0 bridgehead atoms. The van der Waals surface area contributed by atoms with E-state index in [0.29, 0.717) is 5.41 Å². The van der Waals surface area contributed by atoms with Gasteiger partial charge in [0.2, 0.25) is 0 Å². The molecule has 0 spiro atoms. The van der Waals surface area contributed by atoms with E-state index in [2.05, 4.69) is 31.0 Å². The summed E-state index contributed by atoms with van der Waals surface area (Å²) in [7, 11) is 0. The maximum Gasteiger partial charge on any atom is 0.00962 e. The van der Waals surface area contributed by atoms with Gasteiger partial charge in [0, 0.05) is 25.2 Å². The van der Waals surface area contributed by atoms with Crippen LogP contribution >= 0.6 is 0 Å². The van der Waals surface area contributed by atoms with Gasteiger partial charge < -0.3 is 5.32 Å². The van der Waals surface area contributed by atoms with Crippen LogP contribution in [-0.2, 0) is 0 Å². The maximum absolute atomic E-state index is 3.51.